The zero-order valence-corrected chi connectivity index (χ0v) is 18.0. The van der Waals surface area contributed by atoms with Crippen molar-refractivity contribution in [1.82, 2.24) is 20.4 Å². The summed E-state index contributed by atoms with van der Waals surface area (Å²) in [6.07, 6.45) is 1.91. The van der Waals surface area contributed by atoms with Crippen LogP contribution in [0.4, 0.5) is 0 Å². The zero-order chi connectivity index (χ0) is 17.4. The third-order valence-corrected chi connectivity index (χ3v) is 4.18. The fourth-order valence-electron chi connectivity index (χ4n) is 2.77. The lowest BCUT2D eigenvalue weighted by molar-refractivity contribution is 0.729. The summed E-state index contributed by atoms with van der Waals surface area (Å²) in [6, 6.07) is 10.5. The number of aromatic nitrogens is 2. The second kappa shape index (κ2) is 11.1. The predicted molar refractivity (Wildman–Crippen MR) is 116 cm³/mol. The van der Waals surface area contributed by atoms with Crippen molar-refractivity contribution >= 4 is 29.9 Å². The Hall–Kier alpha value is -1.57. The second-order valence-corrected chi connectivity index (χ2v) is 5.95. The van der Waals surface area contributed by atoms with E-state index in [0.29, 0.717) is 0 Å². The summed E-state index contributed by atoms with van der Waals surface area (Å²) in [5.74, 6) is 0.882. The highest BCUT2D eigenvalue weighted by Gasteiger charge is 2.08. The average Bonchev–Trinajstić information content (AvgIpc) is 2.82. The number of rotatable bonds is 7. The number of aliphatic imine (C=N–C) groups is 1. The number of guanidine groups is 1. The summed E-state index contributed by atoms with van der Waals surface area (Å²) < 4.78 is 1.94. The van der Waals surface area contributed by atoms with E-state index in [1.165, 1.54) is 16.8 Å². The van der Waals surface area contributed by atoms with Gasteiger partial charge in [0.25, 0.3) is 0 Å². The molecule has 6 heteroatoms. The smallest absolute Gasteiger partial charge is 0.191 e. The summed E-state index contributed by atoms with van der Waals surface area (Å²) in [5, 5.41) is 11.2. The highest BCUT2D eigenvalue weighted by Crippen LogP contribution is 2.12. The number of benzene rings is 1. The summed E-state index contributed by atoms with van der Waals surface area (Å²) in [4.78, 5) is 4.69. The molecule has 0 aliphatic carbocycles. The molecule has 0 fully saturated rings. The number of hydrogen-bond acceptors (Lipinski definition) is 2. The molecule has 1 heterocycles. The molecule has 5 nitrogen and oxygen atoms in total. The lowest BCUT2D eigenvalue weighted by atomic mass is 10.1. The van der Waals surface area contributed by atoms with Gasteiger partial charge in [-0.25, -0.2) is 0 Å². The Labute approximate surface area is 168 Å². The van der Waals surface area contributed by atoms with Crippen molar-refractivity contribution < 1.29 is 0 Å². The first-order chi connectivity index (χ1) is 11.6. The van der Waals surface area contributed by atoms with E-state index in [1.807, 2.05) is 17.8 Å². The van der Waals surface area contributed by atoms with Crippen molar-refractivity contribution in [2.75, 3.05) is 19.6 Å². The van der Waals surface area contributed by atoms with Crippen molar-refractivity contribution in [1.29, 1.82) is 0 Å². The minimum atomic E-state index is 0. The molecule has 0 amide bonds. The van der Waals surface area contributed by atoms with Gasteiger partial charge in [0.1, 0.15) is 0 Å². The van der Waals surface area contributed by atoms with Crippen LogP contribution in [-0.2, 0) is 19.9 Å². The minimum absolute atomic E-state index is 0. The first-order valence-electron chi connectivity index (χ1n) is 8.67. The molecule has 0 radical (unpaired) electrons. The van der Waals surface area contributed by atoms with Crippen molar-refractivity contribution in [3.8, 4) is 0 Å². The highest BCUT2D eigenvalue weighted by molar-refractivity contribution is 14.0. The zero-order valence-electron chi connectivity index (χ0n) is 15.7. The first-order valence-corrected chi connectivity index (χ1v) is 8.67. The quantitative estimate of drug-likeness (QED) is 0.384. The number of aryl methyl sites for hydroxylation is 2. The number of halogens is 1. The molecule has 1 aromatic carbocycles. The van der Waals surface area contributed by atoms with Gasteiger partial charge >= 0.3 is 0 Å². The maximum Gasteiger partial charge on any atom is 0.191 e. The fraction of sp³-hybridized carbons (Fsp3) is 0.474. The topological polar surface area (TPSA) is 54.2 Å². The molecule has 0 saturated heterocycles. The molecule has 138 valence electrons. The van der Waals surface area contributed by atoms with Crippen LogP contribution < -0.4 is 10.6 Å². The SMILES string of the molecule is CCNC(=NCCc1c(C)nn(C)c1C)NCCc1ccccc1.I. The van der Waals surface area contributed by atoms with Gasteiger partial charge in [0.15, 0.2) is 5.96 Å². The first kappa shape index (κ1) is 21.5. The molecular weight excluding hydrogens is 425 g/mol. The lowest BCUT2D eigenvalue weighted by Gasteiger charge is -2.11. The minimum Gasteiger partial charge on any atom is -0.357 e. The fourth-order valence-corrected chi connectivity index (χ4v) is 2.77. The van der Waals surface area contributed by atoms with E-state index in [9.17, 15) is 0 Å². The Balaban J connectivity index is 0.00000312. The third-order valence-electron chi connectivity index (χ3n) is 4.18. The van der Waals surface area contributed by atoms with Crippen LogP contribution >= 0.6 is 24.0 Å². The van der Waals surface area contributed by atoms with E-state index in [2.05, 4.69) is 65.8 Å². The molecule has 0 unspecified atom stereocenters. The van der Waals surface area contributed by atoms with Gasteiger partial charge in [-0.15, -0.1) is 24.0 Å². The van der Waals surface area contributed by atoms with Crippen molar-refractivity contribution in [3.05, 3.63) is 52.8 Å². The molecule has 2 aromatic rings. The Kier molecular flexibility index (Phi) is 9.55. The molecule has 0 saturated carbocycles. The van der Waals surface area contributed by atoms with Crippen LogP contribution in [0.1, 0.15) is 29.4 Å². The number of nitrogens with zero attached hydrogens (tertiary/aromatic N) is 3. The van der Waals surface area contributed by atoms with Gasteiger partial charge in [-0.2, -0.15) is 5.10 Å². The molecule has 1 aromatic heterocycles. The van der Waals surface area contributed by atoms with E-state index >= 15 is 0 Å². The largest absolute Gasteiger partial charge is 0.357 e. The molecule has 0 aliphatic rings. The Bertz CT molecular complexity index is 664. The van der Waals surface area contributed by atoms with E-state index in [-0.39, 0.29) is 24.0 Å². The Morgan fingerprint density at radius 3 is 2.44 bits per heavy atom. The third kappa shape index (κ3) is 6.68. The van der Waals surface area contributed by atoms with E-state index in [4.69, 9.17) is 0 Å². The molecule has 0 atom stereocenters. The Morgan fingerprint density at radius 2 is 1.84 bits per heavy atom. The summed E-state index contributed by atoms with van der Waals surface area (Å²) in [5.41, 5.74) is 4.97. The van der Waals surface area contributed by atoms with Crippen molar-refractivity contribution in [3.63, 3.8) is 0 Å². The monoisotopic (exact) mass is 455 g/mol. The van der Waals surface area contributed by atoms with Gasteiger partial charge in [0, 0.05) is 32.4 Å². The molecular formula is C19H30IN5. The van der Waals surface area contributed by atoms with Gasteiger partial charge in [-0.1, -0.05) is 30.3 Å². The van der Waals surface area contributed by atoms with Gasteiger partial charge in [-0.3, -0.25) is 9.67 Å². The van der Waals surface area contributed by atoms with Crippen LogP contribution in [0.3, 0.4) is 0 Å². The van der Waals surface area contributed by atoms with Crippen LogP contribution in [0.5, 0.6) is 0 Å². The standard InChI is InChI=1S/C19H29N5.HI/c1-5-20-19(21-13-11-17-9-7-6-8-10-17)22-14-12-18-15(2)23-24(4)16(18)3;/h6-10H,5,11-14H2,1-4H3,(H2,20,21,22);1H. The van der Waals surface area contributed by atoms with Gasteiger partial charge in [0.2, 0.25) is 0 Å². The highest BCUT2D eigenvalue weighted by atomic mass is 127. The normalized spacial score (nSPS) is 11.1. The van der Waals surface area contributed by atoms with E-state index in [1.54, 1.807) is 0 Å². The molecule has 2 rings (SSSR count). The summed E-state index contributed by atoms with van der Waals surface area (Å²) >= 11 is 0. The molecule has 0 aliphatic heterocycles. The van der Waals surface area contributed by atoms with Crippen LogP contribution in [0.25, 0.3) is 0 Å². The van der Waals surface area contributed by atoms with Crippen LogP contribution in [0.2, 0.25) is 0 Å². The molecule has 2 N–H and O–H groups in total. The second-order valence-electron chi connectivity index (χ2n) is 5.95. The number of nitrogens with one attached hydrogen (secondary N) is 2. The summed E-state index contributed by atoms with van der Waals surface area (Å²) in [6.45, 7) is 8.76. The average molecular weight is 455 g/mol. The van der Waals surface area contributed by atoms with Gasteiger partial charge in [-0.05, 0) is 44.7 Å². The van der Waals surface area contributed by atoms with Crippen LogP contribution in [0, 0.1) is 13.8 Å². The molecule has 0 bridgehead atoms. The lowest BCUT2D eigenvalue weighted by Crippen LogP contribution is -2.38. The molecule has 0 spiro atoms. The predicted octanol–water partition coefficient (Wildman–Crippen LogP) is 3.00. The summed E-state index contributed by atoms with van der Waals surface area (Å²) in [7, 11) is 1.99. The maximum atomic E-state index is 4.69. The Morgan fingerprint density at radius 1 is 1.12 bits per heavy atom. The van der Waals surface area contributed by atoms with Gasteiger partial charge in [0.05, 0.1) is 5.69 Å². The van der Waals surface area contributed by atoms with Crippen LogP contribution in [0.15, 0.2) is 35.3 Å². The van der Waals surface area contributed by atoms with Crippen molar-refractivity contribution in [2.45, 2.75) is 33.6 Å². The van der Waals surface area contributed by atoms with Crippen LogP contribution in [-0.4, -0.2) is 35.4 Å². The van der Waals surface area contributed by atoms with E-state index < -0.39 is 0 Å². The van der Waals surface area contributed by atoms with Crippen molar-refractivity contribution in [2.24, 2.45) is 12.0 Å². The number of hydrogen-bond donors (Lipinski definition) is 2. The maximum absolute atomic E-state index is 4.69. The van der Waals surface area contributed by atoms with E-state index in [0.717, 1.165) is 44.1 Å². The molecule has 25 heavy (non-hydrogen) atoms. The van der Waals surface area contributed by atoms with Gasteiger partial charge < -0.3 is 10.6 Å².